The van der Waals surface area contributed by atoms with Gasteiger partial charge in [0.15, 0.2) is 0 Å². The van der Waals surface area contributed by atoms with E-state index in [2.05, 4.69) is 35.2 Å². The summed E-state index contributed by atoms with van der Waals surface area (Å²) in [6.07, 6.45) is 3.66. The average Bonchev–Trinajstić information content (AvgIpc) is 2.39. The van der Waals surface area contributed by atoms with Crippen LogP contribution >= 0.6 is 0 Å². The Hall–Kier alpha value is -2.10. The molecule has 4 nitrogen and oxygen atoms in total. The zero-order chi connectivity index (χ0) is 13.8. The maximum Gasteiger partial charge on any atom is 0.222 e. The molecule has 0 amide bonds. The molecule has 0 aliphatic carbocycles. The Bertz CT molecular complexity index is 550. The van der Waals surface area contributed by atoms with Gasteiger partial charge in [-0.3, -0.25) is 0 Å². The van der Waals surface area contributed by atoms with Crippen LogP contribution in [-0.2, 0) is 0 Å². The van der Waals surface area contributed by atoms with E-state index >= 15 is 0 Å². The third-order valence-electron chi connectivity index (χ3n) is 2.80. The summed E-state index contributed by atoms with van der Waals surface area (Å²) < 4.78 is 5.26. The van der Waals surface area contributed by atoms with Gasteiger partial charge in [0.05, 0.1) is 7.11 Å². The third kappa shape index (κ3) is 3.22. The van der Waals surface area contributed by atoms with Gasteiger partial charge in [0, 0.05) is 24.0 Å². The molecule has 1 N–H and O–H groups in total. The Labute approximate surface area is 113 Å². The number of methoxy groups -OCH3 is 1. The summed E-state index contributed by atoms with van der Waals surface area (Å²) in [5, 5.41) is 3.17. The largest absolute Gasteiger partial charge is 0.496 e. The van der Waals surface area contributed by atoms with Crippen molar-refractivity contribution in [2.45, 2.75) is 26.8 Å². The number of aryl methyl sites for hydroxylation is 1. The molecule has 0 radical (unpaired) electrons. The zero-order valence-corrected chi connectivity index (χ0v) is 11.8. The molecular formula is C15H19N3O. The monoisotopic (exact) mass is 257 g/mol. The molecule has 0 bridgehead atoms. The van der Waals surface area contributed by atoms with Gasteiger partial charge in [0.1, 0.15) is 5.75 Å². The summed E-state index contributed by atoms with van der Waals surface area (Å²) in [6.45, 7) is 6.14. The van der Waals surface area contributed by atoms with Crippen LogP contribution in [0.1, 0.15) is 19.4 Å². The molecule has 1 aromatic heterocycles. The van der Waals surface area contributed by atoms with Gasteiger partial charge in [-0.15, -0.1) is 0 Å². The Morgan fingerprint density at radius 2 is 1.79 bits per heavy atom. The number of hydrogen-bond acceptors (Lipinski definition) is 4. The first-order valence-electron chi connectivity index (χ1n) is 6.33. The lowest BCUT2D eigenvalue weighted by molar-refractivity contribution is 0.412. The second-order valence-electron chi connectivity index (χ2n) is 4.78. The maximum atomic E-state index is 5.26. The van der Waals surface area contributed by atoms with E-state index in [-0.39, 0.29) is 0 Å². The number of ether oxygens (including phenoxy) is 1. The van der Waals surface area contributed by atoms with E-state index in [9.17, 15) is 0 Å². The standard InChI is InChI=1S/C15H19N3O/c1-10(2)18-15-16-8-13(9-17-15)12-5-6-14(19-4)11(3)7-12/h5-10H,1-4H3,(H,16,17,18). The fourth-order valence-electron chi connectivity index (χ4n) is 1.87. The number of anilines is 1. The average molecular weight is 257 g/mol. The van der Waals surface area contributed by atoms with Gasteiger partial charge in [-0.05, 0) is 44.0 Å². The smallest absolute Gasteiger partial charge is 0.222 e. The molecule has 0 saturated carbocycles. The van der Waals surface area contributed by atoms with Crippen LogP contribution in [0, 0.1) is 6.92 Å². The molecule has 0 unspecified atom stereocenters. The molecule has 0 aliphatic rings. The Kier molecular flexibility index (Phi) is 4.00. The highest BCUT2D eigenvalue weighted by Gasteiger charge is 2.04. The van der Waals surface area contributed by atoms with Crippen molar-refractivity contribution in [3.63, 3.8) is 0 Å². The lowest BCUT2D eigenvalue weighted by Crippen LogP contribution is -2.12. The Morgan fingerprint density at radius 1 is 1.11 bits per heavy atom. The fraction of sp³-hybridized carbons (Fsp3) is 0.333. The van der Waals surface area contributed by atoms with Crippen LogP contribution in [0.25, 0.3) is 11.1 Å². The van der Waals surface area contributed by atoms with Crippen LogP contribution in [0.3, 0.4) is 0 Å². The number of nitrogens with one attached hydrogen (secondary N) is 1. The predicted octanol–water partition coefficient (Wildman–Crippen LogP) is 3.28. The molecule has 19 heavy (non-hydrogen) atoms. The first-order chi connectivity index (χ1) is 9.10. The number of benzene rings is 1. The van der Waals surface area contributed by atoms with E-state index < -0.39 is 0 Å². The molecule has 0 saturated heterocycles. The summed E-state index contributed by atoms with van der Waals surface area (Å²) in [5.41, 5.74) is 3.19. The quantitative estimate of drug-likeness (QED) is 0.913. The summed E-state index contributed by atoms with van der Waals surface area (Å²) in [4.78, 5) is 8.63. The predicted molar refractivity (Wildman–Crippen MR) is 77.5 cm³/mol. The second-order valence-corrected chi connectivity index (χ2v) is 4.78. The van der Waals surface area contributed by atoms with Gasteiger partial charge in [0.25, 0.3) is 0 Å². The van der Waals surface area contributed by atoms with Gasteiger partial charge >= 0.3 is 0 Å². The van der Waals surface area contributed by atoms with E-state index in [1.807, 2.05) is 31.5 Å². The topological polar surface area (TPSA) is 47.0 Å². The van der Waals surface area contributed by atoms with Crippen molar-refractivity contribution in [1.29, 1.82) is 0 Å². The van der Waals surface area contributed by atoms with Crippen molar-refractivity contribution in [3.05, 3.63) is 36.2 Å². The van der Waals surface area contributed by atoms with Crippen LogP contribution in [0.4, 0.5) is 5.95 Å². The SMILES string of the molecule is COc1ccc(-c2cnc(NC(C)C)nc2)cc1C. The maximum absolute atomic E-state index is 5.26. The highest BCUT2D eigenvalue weighted by Crippen LogP contribution is 2.25. The van der Waals surface area contributed by atoms with Crippen molar-refractivity contribution in [2.24, 2.45) is 0 Å². The van der Waals surface area contributed by atoms with Crippen LogP contribution in [0.2, 0.25) is 0 Å². The highest BCUT2D eigenvalue weighted by molar-refractivity contribution is 5.64. The van der Waals surface area contributed by atoms with Crippen molar-refractivity contribution in [2.75, 3.05) is 12.4 Å². The number of aromatic nitrogens is 2. The van der Waals surface area contributed by atoms with Crippen molar-refractivity contribution in [1.82, 2.24) is 9.97 Å². The van der Waals surface area contributed by atoms with E-state index in [1.165, 1.54) is 0 Å². The summed E-state index contributed by atoms with van der Waals surface area (Å²) >= 11 is 0. The minimum absolute atomic E-state index is 0.328. The molecular weight excluding hydrogens is 238 g/mol. The molecule has 100 valence electrons. The number of hydrogen-bond donors (Lipinski definition) is 1. The van der Waals surface area contributed by atoms with E-state index in [1.54, 1.807) is 7.11 Å². The highest BCUT2D eigenvalue weighted by atomic mass is 16.5. The Balaban J connectivity index is 2.24. The van der Waals surface area contributed by atoms with E-state index in [4.69, 9.17) is 4.74 Å². The summed E-state index contributed by atoms with van der Waals surface area (Å²) in [7, 11) is 1.68. The third-order valence-corrected chi connectivity index (χ3v) is 2.80. The van der Waals surface area contributed by atoms with Crippen molar-refractivity contribution in [3.8, 4) is 16.9 Å². The summed E-state index contributed by atoms with van der Waals surface area (Å²) in [5.74, 6) is 1.55. The van der Waals surface area contributed by atoms with Crippen LogP contribution in [-0.4, -0.2) is 23.1 Å². The lowest BCUT2D eigenvalue weighted by atomic mass is 10.1. The molecule has 2 rings (SSSR count). The van der Waals surface area contributed by atoms with Gasteiger partial charge in [-0.1, -0.05) is 6.07 Å². The molecule has 0 aliphatic heterocycles. The van der Waals surface area contributed by atoms with Crippen LogP contribution < -0.4 is 10.1 Å². The zero-order valence-electron chi connectivity index (χ0n) is 11.8. The van der Waals surface area contributed by atoms with Gasteiger partial charge in [0.2, 0.25) is 5.95 Å². The van der Waals surface area contributed by atoms with Gasteiger partial charge < -0.3 is 10.1 Å². The van der Waals surface area contributed by atoms with Crippen LogP contribution in [0.15, 0.2) is 30.6 Å². The molecule has 0 spiro atoms. The number of nitrogens with zero attached hydrogens (tertiary/aromatic N) is 2. The van der Waals surface area contributed by atoms with E-state index in [0.29, 0.717) is 12.0 Å². The lowest BCUT2D eigenvalue weighted by Gasteiger charge is -2.09. The fourth-order valence-corrected chi connectivity index (χ4v) is 1.87. The van der Waals surface area contributed by atoms with Gasteiger partial charge in [-0.25, -0.2) is 9.97 Å². The number of rotatable bonds is 4. The Morgan fingerprint density at radius 3 is 2.32 bits per heavy atom. The molecule has 4 heteroatoms. The summed E-state index contributed by atoms with van der Waals surface area (Å²) in [6, 6.07) is 6.38. The van der Waals surface area contributed by atoms with Crippen LogP contribution in [0.5, 0.6) is 5.75 Å². The molecule has 1 aromatic carbocycles. The normalized spacial score (nSPS) is 10.6. The molecule has 2 aromatic rings. The minimum atomic E-state index is 0.328. The minimum Gasteiger partial charge on any atom is -0.496 e. The first kappa shape index (κ1) is 13.3. The van der Waals surface area contributed by atoms with E-state index in [0.717, 1.165) is 22.4 Å². The van der Waals surface area contributed by atoms with Crippen molar-refractivity contribution < 1.29 is 4.74 Å². The molecule has 0 atom stereocenters. The second kappa shape index (κ2) is 5.69. The van der Waals surface area contributed by atoms with Gasteiger partial charge in [-0.2, -0.15) is 0 Å². The molecule has 0 fully saturated rings. The molecule has 1 heterocycles. The van der Waals surface area contributed by atoms with Crippen molar-refractivity contribution >= 4 is 5.95 Å². The first-order valence-corrected chi connectivity index (χ1v) is 6.33.